The van der Waals surface area contributed by atoms with Crippen molar-refractivity contribution >= 4 is 28.9 Å². The van der Waals surface area contributed by atoms with Crippen LogP contribution in [0, 0.1) is 0 Å². The number of anilines is 1. The Morgan fingerprint density at radius 3 is 2.54 bits per heavy atom. The van der Waals surface area contributed by atoms with E-state index in [1.165, 1.54) is 12.1 Å². The number of halogens is 4. The third-order valence-corrected chi connectivity index (χ3v) is 4.69. The maximum atomic E-state index is 12.6. The van der Waals surface area contributed by atoms with Crippen LogP contribution >= 0.6 is 11.6 Å². The van der Waals surface area contributed by atoms with Crippen LogP contribution in [0.5, 0.6) is 0 Å². The van der Waals surface area contributed by atoms with Crippen molar-refractivity contribution in [1.29, 1.82) is 0 Å². The lowest BCUT2D eigenvalue weighted by molar-refractivity contribution is -0.137. The molecule has 0 unspecified atom stereocenters. The number of rotatable bonds is 3. The Morgan fingerprint density at radius 2 is 2.00 bits per heavy atom. The minimum absolute atomic E-state index is 0.301. The van der Waals surface area contributed by atoms with E-state index in [2.05, 4.69) is 10.3 Å². The van der Waals surface area contributed by atoms with Crippen LogP contribution < -0.4 is 11.1 Å². The Bertz CT molecular complexity index is 897. The predicted molar refractivity (Wildman–Crippen MR) is 102 cm³/mol. The number of carbonyl (C=O) groups is 1. The number of amides is 2. The fraction of sp³-hybridized carbons (Fsp3) is 0.263. The van der Waals surface area contributed by atoms with Crippen LogP contribution in [0.3, 0.4) is 0 Å². The number of nitrogens with two attached hydrogens (primary N) is 1. The number of benzene rings is 1. The molecule has 1 aliphatic heterocycles. The second-order valence-electron chi connectivity index (χ2n) is 6.31. The molecule has 1 aromatic heterocycles. The minimum Gasteiger partial charge on any atom is -0.326 e. The van der Waals surface area contributed by atoms with E-state index in [1.807, 2.05) is 6.08 Å². The van der Waals surface area contributed by atoms with Gasteiger partial charge in [-0.1, -0.05) is 17.7 Å². The number of urea groups is 1. The number of nitrogens with zero attached hydrogens (tertiary/aromatic N) is 2. The zero-order valence-corrected chi connectivity index (χ0v) is 15.5. The highest BCUT2D eigenvalue weighted by Gasteiger charge is 2.30. The number of nitrogens with one attached hydrogen (secondary N) is 1. The average molecular weight is 411 g/mol. The normalized spacial score (nSPS) is 14.6. The molecule has 0 saturated heterocycles. The first kappa shape index (κ1) is 20.2. The van der Waals surface area contributed by atoms with E-state index in [4.69, 9.17) is 17.3 Å². The lowest BCUT2D eigenvalue weighted by Gasteiger charge is -2.27. The first-order chi connectivity index (χ1) is 13.3. The molecule has 5 nitrogen and oxygen atoms in total. The molecule has 2 aromatic rings. The first-order valence-corrected chi connectivity index (χ1v) is 8.93. The Hall–Kier alpha value is -2.58. The lowest BCUT2D eigenvalue weighted by atomic mass is 10.0. The standard InChI is InChI=1S/C19H18ClF3N4O/c20-16-9-12(10-24)11-25-17(16)13-5-7-27(8-6-13)18(28)26-15-3-1-14(2-4-15)19(21,22)23/h1-5,9,11H,6-8,10,24H2,(H,26,28). The molecule has 3 N–H and O–H groups in total. The van der Waals surface area contributed by atoms with E-state index in [9.17, 15) is 18.0 Å². The summed E-state index contributed by atoms with van der Waals surface area (Å²) in [7, 11) is 0. The van der Waals surface area contributed by atoms with Gasteiger partial charge in [0.2, 0.25) is 0 Å². The first-order valence-electron chi connectivity index (χ1n) is 8.55. The van der Waals surface area contributed by atoms with Crippen molar-refractivity contribution in [2.75, 3.05) is 18.4 Å². The van der Waals surface area contributed by atoms with Crippen LogP contribution in [0.4, 0.5) is 23.7 Å². The van der Waals surface area contributed by atoms with Crippen molar-refractivity contribution in [1.82, 2.24) is 9.88 Å². The third kappa shape index (κ3) is 4.63. The van der Waals surface area contributed by atoms with Gasteiger partial charge in [0.15, 0.2) is 0 Å². The topological polar surface area (TPSA) is 71.2 Å². The number of alkyl halides is 3. The second-order valence-corrected chi connectivity index (χ2v) is 6.72. The number of carbonyl (C=O) groups excluding carboxylic acids is 1. The van der Waals surface area contributed by atoms with Crippen molar-refractivity contribution in [3.05, 3.63) is 64.4 Å². The molecule has 9 heteroatoms. The fourth-order valence-electron chi connectivity index (χ4n) is 2.84. The molecule has 0 fully saturated rings. The summed E-state index contributed by atoms with van der Waals surface area (Å²) in [5, 5.41) is 3.12. The van der Waals surface area contributed by atoms with Crippen LogP contribution in [0.1, 0.15) is 23.2 Å². The van der Waals surface area contributed by atoms with Gasteiger partial charge >= 0.3 is 12.2 Å². The molecule has 0 aliphatic carbocycles. The molecular formula is C19H18ClF3N4O. The molecule has 0 atom stereocenters. The molecule has 28 heavy (non-hydrogen) atoms. The summed E-state index contributed by atoms with van der Waals surface area (Å²) in [5.74, 6) is 0. The molecule has 0 radical (unpaired) electrons. The lowest BCUT2D eigenvalue weighted by Crippen LogP contribution is -2.38. The molecule has 148 valence electrons. The van der Waals surface area contributed by atoms with Gasteiger partial charge in [-0.15, -0.1) is 0 Å². The zero-order valence-electron chi connectivity index (χ0n) is 14.8. The van der Waals surface area contributed by atoms with Crippen molar-refractivity contribution in [2.24, 2.45) is 5.73 Å². The van der Waals surface area contributed by atoms with Gasteiger partial charge in [0.1, 0.15) is 0 Å². The number of pyridine rings is 1. The van der Waals surface area contributed by atoms with Crippen molar-refractivity contribution < 1.29 is 18.0 Å². The number of hydrogen-bond donors (Lipinski definition) is 2. The SMILES string of the molecule is NCc1cnc(C2=CCN(C(=O)Nc3ccc(C(F)(F)F)cc3)CC2)c(Cl)c1. The molecule has 1 aliphatic rings. The summed E-state index contributed by atoms with van der Waals surface area (Å²) in [5.41, 5.74) is 7.55. The van der Waals surface area contributed by atoms with Gasteiger partial charge in [-0.25, -0.2) is 4.79 Å². The van der Waals surface area contributed by atoms with Crippen molar-refractivity contribution in [3.8, 4) is 0 Å². The summed E-state index contributed by atoms with van der Waals surface area (Å²) in [6.45, 7) is 1.14. The van der Waals surface area contributed by atoms with Gasteiger partial charge < -0.3 is 16.0 Å². The Balaban J connectivity index is 1.63. The van der Waals surface area contributed by atoms with Crippen LogP contribution in [0.2, 0.25) is 5.02 Å². The van der Waals surface area contributed by atoms with E-state index < -0.39 is 11.7 Å². The van der Waals surface area contributed by atoms with E-state index >= 15 is 0 Å². The molecule has 2 heterocycles. The van der Waals surface area contributed by atoms with Gasteiger partial charge in [0, 0.05) is 31.5 Å². The van der Waals surface area contributed by atoms with E-state index in [0.29, 0.717) is 42.5 Å². The summed E-state index contributed by atoms with van der Waals surface area (Å²) in [4.78, 5) is 18.3. The summed E-state index contributed by atoms with van der Waals surface area (Å²) in [6.07, 6.45) is -0.304. The average Bonchev–Trinajstić information content (AvgIpc) is 2.67. The maximum absolute atomic E-state index is 12.6. The van der Waals surface area contributed by atoms with E-state index in [0.717, 1.165) is 23.3 Å². The Labute approximate surface area is 165 Å². The highest BCUT2D eigenvalue weighted by Crippen LogP contribution is 2.30. The molecule has 2 amide bonds. The zero-order chi connectivity index (χ0) is 20.3. The number of hydrogen-bond acceptors (Lipinski definition) is 3. The smallest absolute Gasteiger partial charge is 0.326 e. The molecule has 0 bridgehead atoms. The van der Waals surface area contributed by atoms with Gasteiger partial charge in [-0.3, -0.25) is 4.98 Å². The quantitative estimate of drug-likeness (QED) is 0.780. The van der Waals surface area contributed by atoms with Gasteiger partial charge in [0.05, 0.1) is 16.3 Å². The van der Waals surface area contributed by atoms with Crippen LogP contribution in [0.15, 0.2) is 42.6 Å². The molecule has 3 rings (SSSR count). The summed E-state index contributed by atoms with van der Waals surface area (Å²) >= 11 is 6.26. The highest BCUT2D eigenvalue weighted by molar-refractivity contribution is 6.32. The minimum atomic E-state index is -4.41. The van der Waals surface area contributed by atoms with E-state index in [-0.39, 0.29) is 6.03 Å². The maximum Gasteiger partial charge on any atom is 0.416 e. The summed E-state index contributed by atoms with van der Waals surface area (Å²) in [6, 6.07) is 5.72. The number of aromatic nitrogens is 1. The summed E-state index contributed by atoms with van der Waals surface area (Å²) < 4.78 is 37.8. The molecule has 0 spiro atoms. The van der Waals surface area contributed by atoms with Gasteiger partial charge in [-0.05, 0) is 47.9 Å². The van der Waals surface area contributed by atoms with Crippen LogP contribution in [0.25, 0.3) is 5.57 Å². The van der Waals surface area contributed by atoms with Crippen molar-refractivity contribution in [3.63, 3.8) is 0 Å². The largest absolute Gasteiger partial charge is 0.416 e. The third-order valence-electron chi connectivity index (χ3n) is 4.40. The van der Waals surface area contributed by atoms with Gasteiger partial charge in [0.25, 0.3) is 0 Å². The molecule has 1 aromatic carbocycles. The Morgan fingerprint density at radius 1 is 1.29 bits per heavy atom. The predicted octanol–water partition coefficient (Wildman–Crippen LogP) is 4.53. The monoisotopic (exact) mass is 410 g/mol. The Kier molecular flexibility index (Phi) is 5.90. The fourth-order valence-corrected chi connectivity index (χ4v) is 3.15. The molecule has 0 saturated carbocycles. The van der Waals surface area contributed by atoms with Crippen molar-refractivity contribution in [2.45, 2.75) is 19.1 Å². The van der Waals surface area contributed by atoms with Crippen LogP contribution in [-0.4, -0.2) is 29.0 Å². The molecular weight excluding hydrogens is 393 g/mol. The van der Waals surface area contributed by atoms with E-state index in [1.54, 1.807) is 17.2 Å². The highest BCUT2D eigenvalue weighted by atomic mass is 35.5. The van der Waals surface area contributed by atoms with Gasteiger partial charge in [-0.2, -0.15) is 13.2 Å². The second kappa shape index (κ2) is 8.20. The van der Waals surface area contributed by atoms with Crippen LogP contribution in [-0.2, 0) is 12.7 Å².